The van der Waals surface area contributed by atoms with Crippen molar-refractivity contribution in [2.75, 3.05) is 33.2 Å². The van der Waals surface area contributed by atoms with Crippen LogP contribution in [0.5, 0.6) is 0 Å². The molecule has 1 fully saturated rings. The number of nitrogens with zero attached hydrogens (tertiary/aromatic N) is 1. The van der Waals surface area contributed by atoms with E-state index in [1.165, 1.54) is 64.7 Å². The fraction of sp³-hybridized carbons (Fsp3) is 1.00. The summed E-state index contributed by atoms with van der Waals surface area (Å²) < 4.78 is 0. The minimum Gasteiger partial charge on any atom is -0.316 e. The third-order valence-electron chi connectivity index (χ3n) is 3.36. The lowest BCUT2D eigenvalue weighted by molar-refractivity contribution is 0.206. The summed E-state index contributed by atoms with van der Waals surface area (Å²) in [6.07, 6.45) is 8.30. The molecule has 0 aliphatic carbocycles. The van der Waals surface area contributed by atoms with Gasteiger partial charge in [0.2, 0.25) is 0 Å². The molecule has 2 heteroatoms. The van der Waals surface area contributed by atoms with Crippen LogP contribution in [0.3, 0.4) is 0 Å². The second-order valence-corrected chi connectivity index (χ2v) is 5.04. The number of rotatable bonds is 7. The second kappa shape index (κ2) is 8.12. The fourth-order valence-corrected chi connectivity index (χ4v) is 2.42. The maximum Gasteiger partial charge on any atom is 0.00187 e. The van der Waals surface area contributed by atoms with Crippen molar-refractivity contribution in [3.8, 4) is 0 Å². The topological polar surface area (TPSA) is 15.3 Å². The average molecular weight is 212 g/mol. The van der Waals surface area contributed by atoms with Crippen molar-refractivity contribution < 1.29 is 0 Å². The number of nitrogens with one attached hydrogen (secondary N) is 1. The van der Waals surface area contributed by atoms with Crippen molar-refractivity contribution >= 4 is 0 Å². The smallest absolute Gasteiger partial charge is 0.00187 e. The van der Waals surface area contributed by atoms with Crippen LogP contribution in [0, 0.1) is 5.92 Å². The number of unbranched alkanes of at least 4 members (excludes halogenated alkanes) is 3. The van der Waals surface area contributed by atoms with Crippen LogP contribution < -0.4 is 5.32 Å². The van der Waals surface area contributed by atoms with Gasteiger partial charge in [-0.25, -0.2) is 0 Å². The SMILES string of the molecule is CCCCCCNCC1CCCN(C)C1. The zero-order valence-corrected chi connectivity index (χ0v) is 10.6. The molecule has 0 saturated carbocycles. The molecule has 1 unspecified atom stereocenters. The van der Waals surface area contributed by atoms with Crippen molar-refractivity contribution in [3.05, 3.63) is 0 Å². The summed E-state index contributed by atoms with van der Waals surface area (Å²) in [5.41, 5.74) is 0. The van der Waals surface area contributed by atoms with Gasteiger partial charge in [-0.3, -0.25) is 0 Å². The van der Waals surface area contributed by atoms with Gasteiger partial charge < -0.3 is 10.2 Å². The normalized spacial score (nSPS) is 23.2. The Morgan fingerprint density at radius 3 is 2.87 bits per heavy atom. The summed E-state index contributed by atoms with van der Waals surface area (Å²) in [5, 5.41) is 3.61. The molecule has 1 saturated heterocycles. The Morgan fingerprint density at radius 1 is 1.27 bits per heavy atom. The van der Waals surface area contributed by atoms with Gasteiger partial charge in [0, 0.05) is 6.54 Å². The summed E-state index contributed by atoms with van der Waals surface area (Å²) in [5.74, 6) is 0.898. The van der Waals surface area contributed by atoms with Crippen LogP contribution in [0.1, 0.15) is 45.4 Å². The first-order chi connectivity index (χ1) is 7.33. The summed E-state index contributed by atoms with van der Waals surface area (Å²) in [4.78, 5) is 2.47. The first-order valence-electron chi connectivity index (χ1n) is 6.72. The zero-order valence-electron chi connectivity index (χ0n) is 10.6. The highest BCUT2D eigenvalue weighted by Crippen LogP contribution is 2.13. The highest BCUT2D eigenvalue weighted by molar-refractivity contribution is 4.72. The molecule has 1 aliphatic heterocycles. The van der Waals surface area contributed by atoms with Crippen molar-refractivity contribution in [1.82, 2.24) is 10.2 Å². The van der Waals surface area contributed by atoms with E-state index in [-0.39, 0.29) is 0 Å². The molecule has 1 heterocycles. The van der Waals surface area contributed by atoms with Gasteiger partial charge in [-0.1, -0.05) is 26.2 Å². The molecule has 15 heavy (non-hydrogen) atoms. The Kier molecular flexibility index (Phi) is 7.03. The molecule has 2 nitrogen and oxygen atoms in total. The van der Waals surface area contributed by atoms with Crippen molar-refractivity contribution in [3.63, 3.8) is 0 Å². The van der Waals surface area contributed by atoms with E-state index >= 15 is 0 Å². The molecular weight excluding hydrogens is 184 g/mol. The third kappa shape index (κ3) is 6.16. The van der Waals surface area contributed by atoms with Gasteiger partial charge in [-0.05, 0) is 51.9 Å². The van der Waals surface area contributed by atoms with Crippen LogP contribution in [0.2, 0.25) is 0 Å². The van der Waals surface area contributed by atoms with Gasteiger partial charge in [0.15, 0.2) is 0 Å². The van der Waals surface area contributed by atoms with Gasteiger partial charge >= 0.3 is 0 Å². The van der Waals surface area contributed by atoms with Crippen LogP contribution in [-0.4, -0.2) is 38.1 Å². The zero-order chi connectivity index (χ0) is 10.9. The van der Waals surface area contributed by atoms with Gasteiger partial charge in [0.05, 0.1) is 0 Å². The van der Waals surface area contributed by atoms with Crippen molar-refractivity contribution in [2.45, 2.75) is 45.4 Å². The second-order valence-electron chi connectivity index (χ2n) is 5.04. The van der Waals surface area contributed by atoms with Gasteiger partial charge in [-0.15, -0.1) is 0 Å². The molecule has 0 radical (unpaired) electrons. The van der Waals surface area contributed by atoms with E-state index in [2.05, 4.69) is 24.2 Å². The van der Waals surface area contributed by atoms with Crippen LogP contribution in [0.25, 0.3) is 0 Å². The molecule has 1 N–H and O–H groups in total. The standard InChI is InChI=1S/C13H28N2/c1-3-4-5-6-9-14-11-13-8-7-10-15(2)12-13/h13-14H,3-12H2,1-2H3. The minimum atomic E-state index is 0.898. The molecule has 0 aromatic heterocycles. The maximum atomic E-state index is 3.61. The third-order valence-corrected chi connectivity index (χ3v) is 3.36. The monoisotopic (exact) mass is 212 g/mol. The lowest BCUT2D eigenvalue weighted by atomic mass is 9.98. The Bertz CT molecular complexity index is 147. The van der Waals surface area contributed by atoms with E-state index in [1.807, 2.05) is 0 Å². The van der Waals surface area contributed by atoms with Gasteiger partial charge in [-0.2, -0.15) is 0 Å². The van der Waals surface area contributed by atoms with Crippen LogP contribution in [-0.2, 0) is 0 Å². The van der Waals surface area contributed by atoms with E-state index in [0.29, 0.717) is 0 Å². The molecule has 1 atom stereocenters. The molecule has 1 rings (SSSR count). The van der Waals surface area contributed by atoms with E-state index in [9.17, 15) is 0 Å². The Balaban J connectivity index is 1.90. The van der Waals surface area contributed by atoms with Crippen LogP contribution in [0.15, 0.2) is 0 Å². The van der Waals surface area contributed by atoms with Gasteiger partial charge in [0.25, 0.3) is 0 Å². The Labute approximate surface area is 95.4 Å². The fourth-order valence-electron chi connectivity index (χ4n) is 2.42. The molecule has 0 bridgehead atoms. The number of hydrogen-bond donors (Lipinski definition) is 1. The van der Waals surface area contributed by atoms with Gasteiger partial charge in [0.1, 0.15) is 0 Å². The quantitative estimate of drug-likeness (QED) is 0.652. The number of piperidine rings is 1. The summed E-state index contributed by atoms with van der Waals surface area (Å²) in [7, 11) is 2.24. The molecule has 0 spiro atoms. The molecule has 0 aromatic carbocycles. The molecule has 0 aromatic rings. The highest BCUT2D eigenvalue weighted by Gasteiger charge is 2.15. The van der Waals surface area contributed by atoms with E-state index in [1.54, 1.807) is 0 Å². The van der Waals surface area contributed by atoms with E-state index in [4.69, 9.17) is 0 Å². The lowest BCUT2D eigenvalue weighted by Crippen LogP contribution is -2.37. The molecular formula is C13H28N2. The number of hydrogen-bond acceptors (Lipinski definition) is 2. The first-order valence-corrected chi connectivity index (χ1v) is 6.72. The largest absolute Gasteiger partial charge is 0.316 e. The van der Waals surface area contributed by atoms with Crippen LogP contribution >= 0.6 is 0 Å². The predicted octanol–water partition coefficient (Wildman–Crippen LogP) is 2.50. The average Bonchev–Trinajstić information content (AvgIpc) is 2.23. The highest BCUT2D eigenvalue weighted by atomic mass is 15.1. The maximum absolute atomic E-state index is 3.61. The summed E-state index contributed by atoms with van der Waals surface area (Å²) in [6.45, 7) is 7.32. The minimum absolute atomic E-state index is 0.898. The molecule has 1 aliphatic rings. The van der Waals surface area contributed by atoms with Crippen molar-refractivity contribution in [2.24, 2.45) is 5.92 Å². The van der Waals surface area contributed by atoms with Crippen LogP contribution in [0.4, 0.5) is 0 Å². The molecule has 90 valence electrons. The first kappa shape index (κ1) is 13.0. The van der Waals surface area contributed by atoms with Crippen molar-refractivity contribution in [1.29, 1.82) is 0 Å². The Hall–Kier alpha value is -0.0800. The van der Waals surface area contributed by atoms with E-state index in [0.717, 1.165) is 5.92 Å². The summed E-state index contributed by atoms with van der Waals surface area (Å²) >= 11 is 0. The summed E-state index contributed by atoms with van der Waals surface area (Å²) in [6, 6.07) is 0. The Morgan fingerprint density at radius 2 is 2.13 bits per heavy atom. The van der Waals surface area contributed by atoms with E-state index < -0.39 is 0 Å². The lowest BCUT2D eigenvalue weighted by Gasteiger charge is -2.29. The predicted molar refractivity (Wildman–Crippen MR) is 67.2 cm³/mol. The number of likely N-dealkylation sites (tertiary alicyclic amines) is 1. The molecule has 0 amide bonds.